The first-order valence-corrected chi connectivity index (χ1v) is 9.65. The summed E-state index contributed by atoms with van der Waals surface area (Å²) in [7, 11) is 0. The van der Waals surface area contributed by atoms with E-state index in [-0.39, 0.29) is 17.9 Å². The number of carbonyl (C=O) groups excluding carboxylic acids is 1. The molecule has 1 N–H and O–H groups in total. The Morgan fingerprint density at radius 1 is 1.11 bits per heavy atom. The second-order valence-electron chi connectivity index (χ2n) is 7.13. The van der Waals surface area contributed by atoms with E-state index in [1.807, 2.05) is 61.7 Å². The Balaban J connectivity index is 1.39. The van der Waals surface area contributed by atoms with E-state index in [0.29, 0.717) is 12.4 Å². The van der Waals surface area contributed by atoms with Gasteiger partial charge in [0.05, 0.1) is 12.0 Å². The van der Waals surface area contributed by atoms with Crippen LogP contribution in [0.4, 0.5) is 5.82 Å². The fourth-order valence-corrected chi connectivity index (χ4v) is 3.57. The highest BCUT2D eigenvalue weighted by atomic mass is 16.2. The van der Waals surface area contributed by atoms with Gasteiger partial charge in [-0.05, 0) is 43.5 Å². The van der Waals surface area contributed by atoms with Gasteiger partial charge in [-0.2, -0.15) is 5.10 Å². The molecule has 0 spiro atoms. The Hall–Kier alpha value is -3.22. The van der Waals surface area contributed by atoms with Crippen molar-refractivity contribution in [1.82, 2.24) is 25.3 Å². The molecule has 2 aromatic heterocycles. The van der Waals surface area contributed by atoms with Gasteiger partial charge in [0.25, 0.3) is 0 Å². The summed E-state index contributed by atoms with van der Waals surface area (Å²) in [5.74, 6) is 1.52. The van der Waals surface area contributed by atoms with Crippen molar-refractivity contribution in [3.05, 3.63) is 66.5 Å². The van der Waals surface area contributed by atoms with Gasteiger partial charge in [0, 0.05) is 25.5 Å². The highest BCUT2D eigenvalue weighted by Crippen LogP contribution is 2.23. The third kappa shape index (κ3) is 4.03. The molecule has 0 radical (unpaired) electrons. The number of anilines is 1. The maximum Gasteiger partial charge on any atom is 0.225 e. The van der Waals surface area contributed by atoms with Crippen LogP contribution in [0.2, 0.25) is 0 Å². The summed E-state index contributed by atoms with van der Waals surface area (Å²) < 4.78 is 1.67. The summed E-state index contributed by atoms with van der Waals surface area (Å²) in [4.78, 5) is 14.9. The van der Waals surface area contributed by atoms with Crippen LogP contribution in [0.3, 0.4) is 0 Å². The van der Waals surface area contributed by atoms with Gasteiger partial charge in [0.1, 0.15) is 0 Å². The number of nitrogens with zero attached hydrogens (tertiary/aromatic N) is 5. The van der Waals surface area contributed by atoms with Gasteiger partial charge in [-0.15, -0.1) is 10.2 Å². The van der Waals surface area contributed by atoms with Crippen molar-refractivity contribution >= 4 is 11.7 Å². The number of benzene rings is 1. The molecule has 0 bridgehead atoms. The summed E-state index contributed by atoms with van der Waals surface area (Å²) in [5.41, 5.74) is 1.11. The molecule has 3 aromatic rings. The molecule has 0 unspecified atom stereocenters. The zero-order valence-electron chi connectivity index (χ0n) is 15.9. The van der Waals surface area contributed by atoms with Crippen LogP contribution in [0.25, 0.3) is 5.82 Å². The SMILES string of the molecule is C[C@@H](NC(=O)[C@H]1CCCN(c2ccc(-n3cccn3)nn2)C1)c1ccccc1. The van der Waals surface area contributed by atoms with Gasteiger partial charge < -0.3 is 10.2 Å². The highest BCUT2D eigenvalue weighted by molar-refractivity contribution is 5.80. The zero-order valence-corrected chi connectivity index (χ0v) is 15.9. The molecule has 2 atom stereocenters. The van der Waals surface area contributed by atoms with Crippen LogP contribution in [0.5, 0.6) is 0 Å². The number of hydrogen-bond donors (Lipinski definition) is 1. The second kappa shape index (κ2) is 8.21. The lowest BCUT2D eigenvalue weighted by Gasteiger charge is -2.33. The van der Waals surface area contributed by atoms with E-state index in [2.05, 4.69) is 25.5 Å². The van der Waals surface area contributed by atoms with Crippen LogP contribution in [0, 0.1) is 5.92 Å². The molecule has 1 aromatic carbocycles. The van der Waals surface area contributed by atoms with Gasteiger partial charge in [-0.3, -0.25) is 4.79 Å². The summed E-state index contributed by atoms with van der Waals surface area (Å²) in [6.07, 6.45) is 5.39. The van der Waals surface area contributed by atoms with Gasteiger partial charge in [-0.25, -0.2) is 4.68 Å². The minimum atomic E-state index is -0.0486. The molecule has 0 saturated carbocycles. The molecule has 4 rings (SSSR count). The number of aromatic nitrogens is 4. The topological polar surface area (TPSA) is 75.9 Å². The number of rotatable bonds is 5. The van der Waals surface area contributed by atoms with Crippen molar-refractivity contribution in [2.45, 2.75) is 25.8 Å². The second-order valence-corrected chi connectivity index (χ2v) is 7.13. The first-order valence-electron chi connectivity index (χ1n) is 9.65. The molecule has 1 aliphatic rings. The van der Waals surface area contributed by atoms with Crippen molar-refractivity contribution in [3.63, 3.8) is 0 Å². The summed E-state index contributed by atoms with van der Waals surface area (Å²) in [6, 6.07) is 15.7. The van der Waals surface area contributed by atoms with Gasteiger partial charge in [-0.1, -0.05) is 30.3 Å². The first-order chi connectivity index (χ1) is 13.7. The average molecular weight is 376 g/mol. The van der Waals surface area contributed by atoms with E-state index in [4.69, 9.17) is 0 Å². The van der Waals surface area contributed by atoms with Crippen molar-refractivity contribution in [3.8, 4) is 5.82 Å². The van der Waals surface area contributed by atoms with Crippen molar-refractivity contribution in [1.29, 1.82) is 0 Å². The third-order valence-electron chi connectivity index (χ3n) is 5.15. The minimum absolute atomic E-state index is 0.00257. The van der Waals surface area contributed by atoms with E-state index in [1.165, 1.54) is 0 Å². The monoisotopic (exact) mass is 376 g/mol. The minimum Gasteiger partial charge on any atom is -0.354 e. The van der Waals surface area contributed by atoms with Crippen molar-refractivity contribution in [2.24, 2.45) is 5.92 Å². The average Bonchev–Trinajstić information content (AvgIpc) is 3.29. The summed E-state index contributed by atoms with van der Waals surface area (Å²) in [5, 5.41) is 15.9. The molecule has 1 saturated heterocycles. The maximum absolute atomic E-state index is 12.8. The molecule has 1 fully saturated rings. The van der Waals surface area contributed by atoms with E-state index >= 15 is 0 Å². The summed E-state index contributed by atoms with van der Waals surface area (Å²) >= 11 is 0. The number of piperidine rings is 1. The van der Waals surface area contributed by atoms with Gasteiger partial charge in [0.2, 0.25) is 5.91 Å². The quantitative estimate of drug-likeness (QED) is 0.741. The van der Waals surface area contributed by atoms with E-state index in [9.17, 15) is 4.79 Å². The standard InChI is InChI=1S/C21H24N6O/c1-16(17-7-3-2-4-8-17)23-21(28)18-9-5-13-26(15-18)19-10-11-20(25-24-19)27-14-6-12-22-27/h2-4,6-8,10-12,14,16,18H,5,9,13,15H2,1H3,(H,23,28)/t16-,18+/m1/s1. The number of amides is 1. The van der Waals surface area contributed by atoms with E-state index in [1.54, 1.807) is 10.9 Å². The van der Waals surface area contributed by atoms with E-state index in [0.717, 1.165) is 30.8 Å². The van der Waals surface area contributed by atoms with Crippen LogP contribution in [-0.4, -0.2) is 39.0 Å². The molecule has 28 heavy (non-hydrogen) atoms. The molecule has 7 nitrogen and oxygen atoms in total. The molecular weight excluding hydrogens is 352 g/mol. The lowest BCUT2D eigenvalue weighted by atomic mass is 9.96. The predicted molar refractivity (Wildman–Crippen MR) is 107 cm³/mol. The van der Waals surface area contributed by atoms with Crippen LogP contribution in [-0.2, 0) is 4.79 Å². The molecule has 7 heteroatoms. The lowest BCUT2D eigenvalue weighted by Crippen LogP contribution is -2.44. The molecular formula is C21H24N6O. The molecule has 144 valence electrons. The van der Waals surface area contributed by atoms with E-state index < -0.39 is 0 Å². The Labute approximate surface area is 164 Å². The smallest absolute Gasteiger partial charge is 0.225 e. The van der Waals surface area contributed by atoms with Gasteiger partial charge in [0.15, 0.2) is 11.6 Å². The Kier molecular flexibility index (Phi) is 5.32. The van der Waals surface area contributed by atoms with Crippen LogP contribution >= 0.6 is 0 Å². The number of nitrogens with one attached hydrogen (secondary N) is 1. The Bertz CT molecular complexity index is 894. The van der Waals surface area contributed by atoms with Crippen molar-refractivity contribution in [2.75, 3.05) is 18.0 Å². The maximum atomic E-state index is 12.8. The normalized spacial score (nSPS) is 17.9. The van der Waals surface area contributed by atoms with Gasteiger partial charge >= 0.3 is 0 Å². The highest BCUT2D eigenvalue weighted by Gasteiger charge is 2.27. The van der Waals surface area contributed by atoms with Crippen LogP contribution in [0.15, 0.2) is 60.9 Å². The van der Waals surface area contributed by atoms with Crippen molar-refractivity contribution < 1.29 is 4.79 Å². The first kappa shape index (κ1) is 18.2. The van der Waals surface area contributed by atoms with Crippen LogP contribution in [0.1, 0.15) is 31.4 Å². The summed E-state index contributed by atoms with van der Waals surface area (Å²) in [6.45, 7) is 3.56. The largest absolute Gasteiger partial charge is 0.354 e. The predicted octanol–water partition coefficient (Wildman–Crippen LogP) is 2.76. The fraction of sp³-hybridized carbons (Fsp3) is 0.333. The Morgan fingerprint density at radius 2 is 1.89 bits per heavy atom. The fourth-order valence-electron chi connectivity index (χ4n) is 3.57. The zero-order chi connectivity index (χ0) is 19.3. The molecule has 1 aliphatic heterocycles. The number of hydrogen-bond acceptors (Lipinski definition) is 5. The molecule has 1 amide bonds. The third-order valence-corrected chi connectivity index (χ3v) is 5.15. The van der Waals surface area contributed by atoms with Crippen LogP contribution < -0.4 is 10.2 Å². The number of carbonyl (C=O) groups is 1. The molecule has 3 heterocycles. The lowest BCUT2D eigenvalue weighted by molar-refractivity contribution is -0.125. The molecule has 0 aliphatic carbocycles. The Morgan fingerprint density at radius 3 is 2.61 bits per heavy atom.